The Morgan fingerprint density at radius 1 is 1.67 bits per heavy atom. The van der Waals surface area contributed by atoms with Crippen LogP contribution in [0.15, 0.2) is 12.3 Å². The third-order valence-corrected chi connectivity index (χ3v) is 2.59. The van der Waals surface area contributed by atoms with Crippen LogP contribution in [0.3, 0.4) is 0 Å². The first-order valence-electron chi connectivity index (χ1n) is 4.41. The summed E-state index contributed by atoms with van der Waals surface area (Å²) in [5.41, 5.74) is 0.966. The Balaban J connectivity index is 2.35. The SMILES string of the molecule is CC(C)C1CC(O)c2ccnn21. The predicted molar refractivity (Wildman–Crippen MR) is 45.7 cm³/mol. The standard InChI is InChI=1S/C9H14N2O/c1-6(2)8-5-9(12)7-3-4-10-11(7)8/h3-4,6,8-9,12H,5H2,1-2H3. The summed E-state index contributed by atoms with van der Waals surface area (Å²) in [5.74, 6) is 0.542. The number of hydrogen-bond acceptors (Lipinski definition) is 2. The Morgan fingerprint density at radius 3 is 3.08 bits per heavy atom. The molecular formula is C9H14N2O. The van der Waals surface area contributed by atoms with Crippen molar-refractivity contribution in [1.82, 2.24) is 9.78 Å². The molecule has 2 rings (SSSR count). The number of nitrogens with zero attached hydrogens (tertiary/aromatic N) is 2. The van der Waals surface area contributed by atoms with E-state index in [4.69, 9.17) is 0 Å². The molecule has 0 saturated carbocycles. The molecule has 0 aliphatic carbocycles. The minimum absolute atomic E-state index is 0.306. The molecule has 0 radical (unpaired) electrons. The third-order valence-electron chi connectivity index (χ3n) is 2.59. The van der Waals surface area contributed by atoms with Crippen LogP contribution in [0.1, 0.15) is 38.1 Å². The molecule has 1 aliphatic rings. The van der Waals surface area contributed by atoms with Crippen LogP contribution in [-0.4, -0.2) is 14.9 Å². The van der Waals surface area contributed by atoms with Crippen LogP contribution < -0.4 is 0 Å². The molecule has 1 aromatic rings. The third kappa shape index (κ3) is 0.966. The molecule has 1 aliphatic heterocycles. The van der Waals surface area contributed by atoms with E-state index in [-0.39, 0.29) is 6.10 Å². The van der Waals surface area contributed by atoms with E-state index in [9.17, 15) is 5.11 Å². The molecule has 0 saturated heterocycles. The summed E-state index contributed by atoms with van der Waals surface area (Å²) in [6, 6.07) is 2.28. The molecule has 0 bridgehead atoms. The van der Waals surface area contributed by atoms with Crippen LogP contribution in [0.5, 0.6) is 0 Å². The minimum Gasteiger partial charge on any atom is -0.387 e. The zero-order valence-corrected chi connectivity index (χ0v) is 7.44. The second-order valence-electron chi connectivity index (χ2n) is 3.76. The first-order chi connectivity index (χ1) is 5.70. The van der Waals surface area contributed by atoms with Crippen LogP contribution in [0.4, 0.5) is 0 Å². The predicted octanol–water partition coefficient (Wildman–Crippen LogP) is 1.52. The summed E-state index contributed by atoms with van der Waals surface area (Å²) in [6.45, 7) is 4.32. The van der Waals surface area contributed by atoms with Gasteiger partial charge >= 0.3 is 0 Å². The average Bonchev–Trinajstić information content (AvgIpc) is 2.53. The van der Waals surface area contributed by atoms with E-state index in [1.54, 1.807) is 6.20 Å². The lowest BCUT2D eigenvalue weighted by Crippen LogP contribution is -2.11. The number of fused-ring (bicyclic) bond motifs is 1. The molecule has 2 unspecified atom stereocenters. The molecule has 12 heavy (non-hydrogen) atoms. The molecule has 1 aromatic heterocycles. The highest BCUT2D eigenvalue weighted by Crippen LogP contribution is 2.37. The minimum atomic E-state index is -0.306. The molecule has 2 atom stereocenters. The Labute approximate surface area is 72.0 Å². The molecule has 3 nitrogen and oxygen atoms in total. The van der Waals surface area contributed by atoms with E-state index in [2.05, 4.69) is 18.9 Å². The number of aliphatic hydroxyl groups is 1. The van der Waals surface area contributed by atoms with Crippen molar-refractivity contribution in [3.8, 4) is 0 Å². The van der Waals surface area contributed by atoms with Gasteiger partial charge in [-0.25, -0.2) is 0 Å². The number of aromatic nitrogens is 2. The van der Waals surface area contributed by atoms with Gasteiger partial charge in [-0.2, -0.15) is 5.10 Å². The van der Waals surface area contributed by atoms with Crippen LogP contribution >= 0.6 is 0 Å². The topological polar surface area (TPSA) is 38.1 Å². The summed E-state index contributed by atoms with van der Waals surface area (Å²) in [5, 5.41) is 13.8. The van der Waals surface area contributed by atoms with E-state index in [1.165, 1.54) is 0 Å². The number of hydrogen-bond donors (Lipinski definition) is 1. The van der Waals surface area contributed by atoms with Gasteiger partial charge in [-0.05, 0) is 12.0 Å². The van der Waals surface area contributed by atoms with Crippen molar-refractivity contribution in [2.45, 2.75) is 32.4 Å². The largest absolute Gasteiger partial charge is 0.387 e. The average molecular weight is 166 g/mol. The van der Waals surface area contributed by atoms with Crippen molar-refractivity contribution in [1.29, 1.82) is 0 Å². The Morgan fingerprint density at radius 2 is 2.42 bits per heavy atom. The van der Waals surface area contributed by atoms with E-state index < -0.39 is 0 Å². The van der Waals surface area contributed by atoms with Crippen LogP contribution in [-0.2, 0) is 0 Å². The molecule has 0 spiro atoms. The van der Waals surface area contributed by atoms with Crippen molar-refractivity contribution < 1.29 is 5.11 Å². The molecule has 3 heteroatoms. The van der Waals surface area contributed by atoms with Gasteiger partial charge < -0.3 is 5.11 Å². The monoisotopic (exact) mass is 166 g/mol. The van der Waals surface area contributed by atoms with E-state index in [0.29, 0.717) is 12.0 Å². The molecular weight excluding hydrogens is 152 g/mol. The van der Waals surface area contributed by atoms with Gasteiger partial charge in [-0.1, -0.05) is 13.8 Å². The quantitative estimate of drug-likeness (QED) is 0.686. The van der Waals surface area contributed by atoms with Crippen LogP contribution in [0.2, 0.25) is 0 Å². The summed E-state index contributed by atoms with van der Waals surface area (Å²) < 4.78 is 1.95. The van der Waals surface area contributed by atoms with Gasteiger partial charge in [0.25, 0.3) is 0 Å². The highest BCUT2D eigenvalue weighted by molar-refractivity contribution is 5.11. The Hall–Kier alpha value is -0.830. The first kappa shape index (κ1) is 7.80. The lowest BCUT2D eigenvalue weighted by Gasteiger charge is -2.15. The van der Waals surface area contributed by atoms with Crippen molar-refractivity contribution in [3.63, 3.8) is 0 Å². The van der Waals surface area contributed by atoms with Crippen molar-refractivity contribution >= 4 is 0 Å². The number of aliphatic hydroxyl groups excluding tert-OH is 1. The first-order valence-corrected chi connectivity index (χ1v) is 4.41. The second-order valence-corrected chi connectivity index (χ2v) is 3.76. The summed E-state index contributed by atoms with van der Waals surface area (Å²) >= 11 is 0. The van der Waals surface area contributed by atoms with Gasteiger partial charge in [0.05, 0.1) is 17.8 Å². The highest BCUT2D eigenvalue weighted by Gasteiger charge is 2.31. The van der Waals surface area contributed by atoms with E-state index in [0.717, 1.165) is 12.1 Å². The zero-order valence-electron chi connectivity index (χ0n) is 7.44. The van der Waals surface area contributed by atoms with Crippen LogP contribution in [0.25, 0.3) is 0 Å². The van der Waals surface area contributed by atoms with Crippen LogP contribution in [0, 0.1) is 5.92 Å². The molecule has 0 aromatic carbocycles. The maximum absolute atomic E-state index is 9.63. The fourth-order valence-corrected chi connectivity index (χ4v) is 1.87. The maximum Gasteiger partial charge on any atom is 0.0977 e. The Bertz CT molecular complexity index is 280. The smallest absolute Gasteiger partial charge is 0.0977 e. The molecule has 0 fully saturated rings. The highest BCUT2D eigenvalue weighted by atomic mass is 16.3. The normalized spacial score (nSPS) is 28.0. The van der Waals surface area contributed by atoms with Gasteiger partial charge in [-0.15, -0.1) is 0 Å². The Kier molecular flexibility index (Phi) is 1.68. The van der Waals surface area contributed by atoms with Gasteiger partial charge in [0, 0.05) is 12.6 Å². The van der Waals surface area contributed by atoms with Crippen molar-refractivity contribution in [3.05, 3.63) is 18.0 Å². The van der Waals surface area contributed by atoms with Crippen molar-refractivity contribution in [2.75, 3.05) is 0 Å². The van der Waals surface area contributed by atoms with Gasteiger partial charge in [0.1, 0.15) is 0 Å². The lowest BCUT2D eigenvalue weighted by atomic mass is 10.0. The summed E-state index contributed by atoms with van der Waals surface area (Å²) in [6.07, 6.45) is 2.27. The van der Waals surface area contributed by atoms with E-state index >= 15 is 0 Å². The second kappa shape index (κ2) is 2.59. The van der Waals surface area contributed by atoms with Crippen molar-refractivity contribution in [2.24, 2.45) is 5.92 Å². The molecule has 2 heterocycles. The lowest BCUT2D eigenvalue weighted by molar-refractivity contribution is 0.165. The van der Waals surface area contributed by atoms with Gasteiger partial charge in [0.15, 0.2) is 0 Å². The fraction of sp³-hybridized carbons (Fsp3) is 0.667. The van der Waals surface area contributed by atoms with Gasteiger partial charge in [-0.3, -0.25) is 4.68 Å². The summed E-state index contributed by atoms with van der Waals surface area (Å²) in [4.78, 5) is 0. The molecule has 1 N–H and O–H groups in total. The number of rotatable bonds is 1. The maximum atomic E-state index is 9.63. The molecule has 66 valence electrons. The molecule has 0 amide bonds. The zero-order chi connectivity index (χ0) is 8.72. The van der Waals surface area contributed by atoms with Gasteiger partial charge in [0.2, 0.25) is 0 Å². The summed E-state index contributed by atoms with van der Waals surface area (Å²) in [7, 11) is 0. The van der Waals surface area contributed by atoms with E-state index in [1.807, 2.05) is 10.7 Å². The fourth-order valence-electron chi connectivity index (χ4n) is 1.87.